The van der Waals surface area contributed by atoms with Gasteiger partial charge in [-0.05, 0) is 6.92 Å². The zero-order chi connectivity index (χ0) is 14.5. The molecule has 5 N–H and O–H groups in total. The summed E-state index contributed by atoms with van der Waals surface area (Å²) < 4.78 is 4.17. The smallest absolute Gasteiger partial charge is 0.435 e. The van der Waals surface area contributed by atoms with Crippen LogP contribution in [0.15, 0.2) is 5.16 Å². The Morgan fingerprint density at radius 2 is 1.67 bits per heavy atom. The molecule has 0 aromatic rings. The Hall–Kier alpha value is -2.36. The van der Waals surface area contributed by atoms with E-state index in [-0.39, 0.29) is 5.06 Å². The van der Waals surface area contributed by atoms with Crippen LogP contribution in [-0.2, 0) is 19.2 Å². The van der Waals surface area contributed by atoms with Crippen molar-refractivity contribution in [3.8, 4) is 0 Å². The summed E-state index contributed by atoms with van der Waals surface area (Å²) in [5.41, 5.74) is 6.90. The van der Waals surface area contributed by atoms with Crippen molar-refractivity contribution in [1.29, 1.82) is 0 Å². The van der Waals surface area contributed by atoms with Gasteiger partial charge in [0.1, 0.15) is 12.8 Å². The highest BCUT2D eigenvalue weighted by atomic mass is 16.6. The number of amides is 3. The first kappa shape index (κ1) is 15.6. The molecular weight excluding hydrogens is 248 g/mol. The van der Waals surface area contributed by atoms with Crippen molar-refractivity contribution in [3.63, 3.8) is 0 Å². The van der Waals surface area contributed by atoms with E-state index in [4.69, 9.17) is 11.5 Å². The number of oxime groups is 1. The standard InChI is InChI=1S/C8H14N4O6/c1-4(11-18-3)8(5(9)13,6(10)14)12(16)7(15)17-2/h16H,1-3H3,(H2,9,13)(H2,10,14)/b11-4+. The van der Waals surface area contributed by atoms with E-state index in [0.717, 1.165) is 21.1 Å². The third-order valence-corrected chi connectivity index (χ3v) is 2.13. The van der Waals surface area contributed by atoms with Crippen LogP contribution < -0.4 is 11.5 Å². The maximum atomic E-state index is 11.4. The Balaban J connectivity index is 5.96. The van der Waals surface area contributed by atoms with Crippen LogP contribution in [0, 0.1) is 0 Å². The first-order valence-electron chi connectivity index (χ1n) is 4.51. The number of hydroxylamine groups is 2. The molecule has 0 fully saturated rings. The van der Waals surface area contributed by atoms with Gasteiger partial charge in [0.15, 0.2) is 0 Å². The van der Waals surface area contributed by atoms with Crippen molar-refractivity contribution in [3.05, 3.63) is 0 Å². The van der Waals surface area contributed by atoms with Gasteiger partial charge in [0.25, 0.3) is 17.4 Å². The van der Waals surface area contributed by atoms with E-state index in [1.54, 1.807) is 0 Å². The average molecular weight is 262 g/mol. The summed E-state index contributed by atoms with van der Waals surface area (Å²) in [6.07, 6.45) is -1.42. The maximum Gasteiger partial charge on any atom is 0.435 e. The number of ether oxygens (including phenoxy) is 1. The van der Waals surface area contributed by atoms with Crippen molar-refractivity contribution in [2.75, 3.05) is 14.2 Å². The Morgan fingerprint density at radius 1 is 1.22 bits per heavy atom. The number of primary amides is 2. The van der Waals surface area contributed by atoms with Gasteiger partial charge in [0, 0.05) is 0 Å². The summed E-state index contributed by atoms with van der Waals surface area (Å²) in [5.74, 6) is -2.83. The third-order valence-electron chi connectivity index (χ3n) is 2.13. The lowest BCUT2D eigenvalue weighted by Crippen LogP contribution is -2.69. The fraction of sp³-hybridized carbons (Fsp3) is 0.500. The lowest BCUT2D eigenvalue weighted by Gasteiger charge is -2.32. The van der Waals surface area contributed by atoms with Gasteiger partial charge in [-0.3, -0.25) is 14.8 Å². The molecule has 0 heterocycles. The lowest BCUT2D eigenvalue weighted by atomic mass is 9.92. The average Bonchev–Trinajstić information content (AvgIpc) is 2.27. The molecule has 0 spiro atoms. The van der Waals surface area contributed by atoms with Gasteiger partial charge in [-0.25, -0.2) is 4.79 Å². The van der Waals surface area contributed by atoms with Crippen molar-refractivity contribution in [1.82, 2.24) is 5.06 Å². The van der Waals surface area contributed by atoms with Gasteiger partial charge in [0.2, 0.25) is 0 Å². The largest absolute Gasteiger partial charge is 0.451 e. The Morgan fingerprint density at radius 3 is 1.94 bits per heavy atom. The highest BCUT2D eigenvalue weighted by Crippen LogP contribution is 2.17. The minimum atomic E-state index is -2.69. The summed E-state index contributed by atoms with van der Waals surface area (Å²) >= 11 is 0. The number of carbonyl (C=O) groups is 3. The Kier molecular flexibility index (Phi) is 5.05. The van der Waals surface area contributed by atoms with Crippen LogP contribution in [0.4, 0.5) is 4.79 Å². The molecular formula is C8H14N4O6. The van der Waals surface area contributed by atoms with Crippen LogP contribution in [0.3, 0.4) is 0 Å². The number of nitrogens with zero attached hydrogens (tertiary/aromatic N) is 2. The second-order valence-corrected chi connectivity index (χ2v) is 3.08. The zero-order valence-electron chi connectivity index (χ0n) is 10.0. The molecule has 18 heavy (non-hydrogen) atoms. The van der Waals surface area contributed by atoms with E-state index < -0.39 is 29.2 Å². The SMILES string of the molecule is CO/N=C(\C)C(C(N)=O)(C(N)=O)N(O)C(=O)OC. The van der Waals surface area contributed by atoms with Gasteiger partial charge >= 0.3 is 6.09 Å². The second-order valence-electron chi connectivity index (χ2n) is 3.08. The molecule has 10 nitrogen and oxygen atoms in total. The topological polar surface area (TPSA) is 158 Å². The van der Waals surface area contributed by atoms with E-state index in [9.17, 15) is 19.6 Å². The zero-order valence-corrected chi connectivity index (χ0v) is 10.0. The maximum absolute atomic E-state index is 11.4. The minimum absolute atomic E-state index is 0.338. The van der Waals surface area contributed by atoms with E-state index in [1.165, 1.54) is 0 Å². The van der Waals surface area contributed by atoms with Crippen LogP contribution >= 0.6 is 0 Å². The van der Waals surface area contributed by atoms with Gasteiger partial charge < -0.3 is 21.0 Å². The van der Waals surface area contributed by atoms with Gasteiger partial charge in [-0.15, -0.1) is 0 Å². The van der Waals surface area contributed by atoms with Crippen LogP contribution in [0.5, 0.6) is 0 Å². The van der Waals surface area contributed by atoms with Crippen molar-refractivity contribution in [2.24, 2.45) is 16.6 Å². The number of hydrogen-bond donors (Lipinski definition) is 3. The molecule has 0 rings (SSSR count). The summed E-state index contributed by atoms with van der Waals surface area (Å²) in [6.45, 7) is 1.12. The van der Waals surface area contributed by atoms with Gasteiger partial charge in [0.05, 0.1) is 7.11 Å². The number of rotatable bonds is 5. The summed E-state index contributed by atoms with van der Waals surface area (Å²) in [7, 11) is 2.04. The monoisotopic (exact) mass is 262 g/mol. The Labute approximate surface area is 102 Å². The van der Waals surface area contributed by atoms with E-state index in [2.05, 4.69) is 14.7 Å². The summed E-state index contributed by atoms with van der Waals surface area (Å²) in [4.78, 5) is 38.4. The number of methoxy groups -OCH3 is 1. The highest BCUT2D eigenvalue weighted by Gasteiger charge is 2.55. The Bertz CT molecular complexity index is 379. The van der Waals surface area contributed by atoms with Crippen LogP contribution in [0.25, 0.3) is 0 Å². The van der Waals surface area contributed by atoms with Crippen LogP contribution in [0.2, 0.25) is 0 Å². The number of carbonyl (C=O) groups excluding carboxylic acids is 3. The van der Waals surface area contributed by atoms with Crippen molar-refractivity contribution >= 4 is 23.6 Å². The van der Waals surface area contributed by atoms with Crippen LogP contribution in [0.1, 0.15) is 6.92 Å². The molecule has 0 saturated heterocycles. The fourth-order valence-electron chi connectivity index (χ4n) is 1.27. The molecule has 0 saturated carbocycles. The molecule has 0 aromatic heterocycles. The van der Waals surface area contributed by atoms with E-state index in [1.807, 2.05) is 0 Å². The van der Waals surface area contributed by atoms with Crippen LogP contribution in [-0.4, -0.2) is 53.6 Å². The molecule has 0 aromatic carbocycles. The molecule has 0 unspecified atom stereocenters. The fourth-order valence-corrected chi connectivity index (χ4v) is 1.27. The second kappa shape index (κ2) is 5.82. The summed E-state index contributed by atoms with van der Waals surface area (Å²) in [6, 6.07) is 0. The molecule has 0 atom stereocenters. The van der Waals surface area contributed by atoms with E-state index in [0.29, 0.717) is 0 Å². The van der Waals surface area contributed by atoms with Gasteiger partial charge in [-0.2, -0.15) is 5.06 Å². The molecule has 0 radical (unpaired) electrons. The molecule has 0 aliphatic carbocycles. The quantitative estimate of drug-likeness (QED) is 0.229. The third kappa shape index (κ3) is 2.32. The van der Waals surface area contributed by atoms with Gasteiger partial charge in [-0.1, -0.05) is 5.16 Å². The summed E-state index contributed by atoms with van der Waals surface area (Å²) in [5, 5.41) is 12.5. The first-order valence-corrected chi connectivity index (χ1v) is 4.51. The predicted molar refractivity (Wildman–Crippen MR) is 57.3 cm³/mol. The van der Waals surface area contributed by atoms with Crippen molar-refractivity contribution < 1.29 is 29.2 Å². The lowest BCUT2D eigenvalue weighted by molar-refractivity contribution is -0.162. The molecule has 0 bridgehead atoms. The molecule has 10 heteroatoms. The van der Waals surface area contributed by atoms with E-state index >= 15 is 0 Å². The molecule has 0 aliphatic rings. The number of hydrogen-bond acceptors (Lipinski definition) is 7. The first-order chi connectivity index (χ1) is 8.26. The molecule has 0 aliphatic heterocycles. The highest BCUT2D eigenvalue weighted by molar-refractivity contribution is 6.29. The minimum Gasteiger partial charge on any atom is -0.451 e. The predicted octanol–water partition coefficient (Wildman–Crippen LogP) is -1.82. The molecule has 102 valence electrons. The van der Waals surface area contributed by atoms with Crippen molar-refractivity contribution in [2.45, 2.75) is 12.5 Å². The molecule has 3 amide bonds. The number of nitrogens with two attached hydrogens (primary N) is 2. The normalized spacial score (nSPS) is 11.7.